The van der Waals surface area contributed by atoms with Crippen molar-refractivity contribution in [1.82, 2.24) is 15.5 Å². The molecule has 1 aliphatic carbocycles. The summed E-state index contributed by atoms with van der Waals surface area (Å²) >= 11 is 0. The molecular formula is C19H25N3O2. The SMILES string of the molecule is COc1ccc(C2(CNC(=O)c3cc(C)[nH]n3)CCCCC2)cc1. The molecule has 5 nitrogen and oxygen atoms in total. The number of carbonyl (C=O) groups is 1. The molecule has 0 unspecified atom stereocenters. The molecule has 0 aliphatic heterocycles. The summed E-state index contributed by atoms with van der Waals surface area (Å²) < 4.78 is 5.27. The maximum atomic E-state index is 12.4. The average molecular weight is 327 g/mol. The summed E-state index contributed by atoms with van der Waals surface area (Å²) in [4.78, 5) is 12.4. The first-order valence-electron chi connectivity index (χ1n) is 8.58. The van der Waals surface area contributed by atoms with Crippen LogP contribution in [0.25, 0.3) is 0 Å². The first kappa shape index (κ1) is 16.6. The van der Waals surface area contributed by atoms with E-state index in [0.29, 0.717) is 12.2 Å². The normalized spacial score (nSPS) is 16.6. The Labute approximate surface area is 142 Å². The Balaban J connectivity index is 1.76. The molecule has 128 valence electrons. The molecule has 0 bridgehead atoms. The minimum absolute atomic E-state index is 0.00549. The molecule has 3 rings (SSSR count). The zero-order chi connectivity index (χ0) is 17.0. The highest BCUT2D eigenvalue weighted by atomic mass is 16.5. The van der Waals surface area contributed by atoms with Gasteiger partial charge >= 0.3 is 0 Å². The Hall–Kier alpha value is -2.30. The van der Waals surface area contributed by atoms with Crippen molar-refractivity contribution in [1.29, 1.82) is 0 Å². The maximum Gasteiger partial charge on any atom is 0.271 e. The molecule has 0 radical (unpaired) electrons. The standard InChI is InChI=1S/C19H25N3O2/c1-14-12-17(22-21-14)18(23)20-13-19(10-4-3-5-11-19)15-6-8-16(24-2)9-7-15/h6-9,12H,3-5,10-11,13H2,1-2H3,(H,20,23)(H,21,22). The molecule has 1 aromatic heterocycles. The van der Waals surface area contributed by atoms with Crippen LogP contribution in [-0.2, 0) is 5.41 Å². The number of nitrogens with one attached hydrogen (secondary N) is 2. The fourth-order valence-corrected chi connectivity index (χ4v) is 3.62. The summed E-state index contributed by atoms with van der Waals surface area (Å²) in [5, 5.41) is 9.96. The quantitative estimate of drug-likeness (QED) is 0.885. The van der Waals surface area contributed by atoms with Crippen molar-refractivity contribution in [3.05, 3.63) is 47.3 Å². The molecular weight excluding hydrogens is 302 g/mol. The third kappa shape index (κ3) is 3.45. The number of benzene rings is 1. The van der Waals surface area contributed by atoms with Gasteiger partial charge in [-0.25, -0.2) is 0 Å². The summed E-state index contributed by atoms with van der Waals surface area (Å²) in [6.45, 7) is 2.54. The van der Waals surface area contributed by atoms with Gasteiger partial charge in [0.2, 0.25) is 0 Å². The Morgan fingerprint density at radius 2 is 1.96 bits per heavy atom. The lowest BCUT2D eigenvalue weighted by molar-refractivity contribution is 0.0931. The second kappa shape index (κ2) is 7.07. The largest absolute Gasteiger partial charge is 0.497 e. The van der Waals surface area contributed by atoms with Gasteiger partial charge in [0.25, 0.3) is 5.91 Å². The average Bonchev–Trinajstić information content (AvgIpc) is 3.07. The van der Waals surface area contributed by atoms with Crippen molar-refractivity contribution in [3.63, 3.8) is 0 Å². The molecule has 0 spiro atoms. The summed E-state index contributed by atoms with van der Waals surface area (Å²) in [5.41, 5.74) is 2.63. The molecule has 0 saturated heterocycles. The van der Waals surface area contributed by atoms with Crippen molar-refractivity contribution < 1.29 is 9.53 Å². The lowest BCUT2D eigenvalue weighted by Gasteiger charge is -2.38. The van der Waals surface area contributed by atoms with Crippen molar-refractivity contribution in [3.8, 4) is 5.75 Å². The van der Waals surface area contributed by atoms with Crippen LogP contribution in [0.5, 0.6) is 5.75 Å². The van der Waals surface area contributed by atoms with Crippen molar-refractivity contribution in [2.75, 3.05) is 13.7 Å². The number of rotatable bonds is 5. The molecule has 1 aromatic carbocycles. The summed E-state index contributed by atoms with van der Waals surface area (Å²) in [5.74, 6) is 0.749. The third-order valence-electron chi connectivity index (χ3n) is 5.04. The molecule has 5 heteroatoms. The lowest BCUT2D eigenvalue weighted by atomic mass is 9.69. The van der Waals surface area contributed by atoms with Gasteiger partial charge in [-0.05, 0) is 43.5 Å². The number of amides is 1. The number of hydrogen-bond donors (Lipinski definition) is 2. The third-order valence-corrected chi connectivity index (χ3v) is 5.04. The number of ether oxygens (including phenoxy) is 1. The molecule has 24 heavy (non-hydrogen) atoms. The number of aromatic nitrogens is 2. The highest BCUT2D eigenvalue weighted by Gasteiger charge is 2.34. The second-order valence-corrected chi connectivity index (χ2v) is 6.69. The highest BCUT2D eigenvalue weighted by Crippen LogP contribution is 2.39. The molecule has 1 fully saturated rings. The Bertz CT molecular complexity index is 685. The number of methoxy groups -OCH3 is 1. The second-order valence-electron chi connectivity index (χ2n) is 6.69. The van der Waals surface area contributed by atoms with Gasteiger partial charge in [-0.1, -0.05) is 31.4 Å². The van der Waals surface area contributed by atoms with Crippen LogP contribution in [0.1, 0.15) is 53.8 Å². The summed E-state index contributed by atoms with van der Waals surface area (Å²) in [7, 11) is 1.68. The molecule has 1 heterocycles. The molecule has 1 saturated carbocycles. The van der Waals surface area contributed by atoms with Gasteiger partial charge in [0.05, 0.1) is 7.11 Å². The number of aromatic amines is 1. The van der Waals surface area contributed by atoms with Crippen LogP contribution in [0.4, 0.5) is 0 Å². The van der Waals surface area contributed by atoms with Crippen LogP contribution in [0, 0.1) is 6.92 Å². The maximum absolute atomic E-state index is 12.4. The molecule has 1 aliphatic rings. The van der Waals surface area contributed by atoms with E-state index in [1.807, 2.05) is 19.1 Å². The fraction of sp³-hybridized carbons (Fsp3) is 0.474. The number of H-pyrrole nitrogens is 1. The predicted octanol–water partition coefficient (Wildman–Crippen LogP) is 3.36. The van der Waals surface area contributed by atoms with Gasteiger partial charge in [-0.15, -0.1) is 0 Å². The summed E-state index contributed by atoms with van der Waals surface area (Å²) in [6.07, 6.45) is 5.86. The van der Waals surface area contributed by atoms with E-state index in [-0.39, 0.29) is 11.3 Å². The molecule has 1 amide bonds. The van der Waals surface area contributed by atoms with E-state index in [1.165, 1.54) is 24.8 Å². The van der Waals surface area contributed by atoms with Gasteiger partial charge < -0.3 is 10.1 Å². The number of aryl methyl sites for hydroxylation is 1. The minimum Gasteiger partial charge on any atom is -0.497 e. The smallest absolute Gasteiger partial charge is 0.271 e. The minimum atomic E-state index is -0.113. The van der Waals surface area contributed by atoms with E-state index >= 15 is 0 Å². The highest BCUT2D eigenvalue weighted by molar-refractivity contribution is 5.92. The monoisotopic (exact) mass is 327 g/mol. The van der Waals surface area contributed by atoms with Crippen LogP contribution in [0.3, 0.4) is 0 Å². The number of nitrogens with zero attached hydrogens (tertiary/aromatic N) is 1. The van der Waals surface area contributed by atoms with E-state index in [2.05, 4.69) is 27.6 Å². The van der Waals surface area contributed by atoms with Gasteiger partial charge in [0, 0.05) is 17.7 Å². The van der Waals surface area contributed by atoms with Gasteiger partial charge in [-0.2, -0.15) is 5.10 Å². The van der Waals surface area contributed by atoms with E-state index in [0.717, 1.165) is 24.3 Å². The lowest BCUT2D eigenvalue weighted by Crippen LogP contribution is -2.42. The first-order chi connectivity index (χ1) is 11.6. The number of hydrogen-bond acceptors (Lipinski definition) is 3. The van der Waals surface area contributed by atoms with Crippen LogP contribution in [0.2, 0.25) is 0 Å². The Kier molecular flexibility index (Phi) is 4.88. The van der Waals surface area contributed by atoms with E-state index in [4.69, 9.17) is 4.74 Å². The van der Waals surface area contributed by atoms with Gasteiger partial charge in [0.15, 0.2) is 0 Å². The predicted molar refractivity (Wildman–Crippen MR) is 93.4 cm³/mol. The van der Waals surface area contributed by atoms with Crippen LogP contribution in [0.15, 0.2) is 30.3 Å². The van der Waals surface area contributed by atoms with E-state index < -0.39 is 0 Å². The van der Waals surface area contributed by atoms with Crippen LogP contribution >= 0.6 is 0 Å². The molecule has 2 aromatic rings. The van der Waals surface area contributed by atoms with E-state index in [1.54, 1.807) is 13.2 Å². The zero-order valence-electron chi connectivity index (χ0n) is 14.4. The van der Waals surface area contributed by atoms with Crippen molar-refractivity contribution in [2.24, 2.45) is 0 Å². The number of carbonyl (C=O) groups excluding carboxylic acids is 1. The Morgan fingerprint density at radius 1 is 1.25 bits per heavy atom. The molecule has 0 atom stereocenters. The fourth-order valence-electron chi connectivity index (χ4n) is 3.62. The van der Waals surface area contributed by atoms with E-state index in [9.17, 15) is 4.79 Å². The van der Waals surface area contributed by atoms with Crippen molar-refractivity contribution >= 4 is 5.91 Å². The first-order valence-corrected chi connectivity index (χ1v) is 8.58. The summed E-state index contributed by atoms with van der Waals surface area (Å²) in [6, 6.07) is 10.1. The topological polar surface area (TPSA) is 67.0 Å². The van der Waals surface area contributed by atoms with Crippen molar-refractivity contribution in [2.45, 2.75) is 44.4 Å². The zero-order valence-corrected chi connectivity index (χ0v) is 14.4. The van der Waals surface area contributed by atoms with Crippen LogP contribution in [-0.4, -0.2) is 29.8 Å². The van der Waals surface area contributed by atoms with Crippen LogP contribution < -0.4 is 10.1 Å². The van der Waals surface area contributed by atoms with Gasteiger partial charge in [-0.3, -0.25) is 9.89 Å². The van der Waals surface area contributed by atoms with Gasteiger partial charge in [0.1, 0.15) is 11.4 Å². The Morgan fingerprint density at radius 3 is 2.54 bits per heavy atom. The molecule has 2 N–H and O–H groups in total.